The highest BCUT2D eigenvalue weighted by Gasteiger charge is 2.24. The largest absolute Gasteiger partial charge is 0.454 e. The fourth-order valence-electron chi connectivity index (χ4n) is 2.96. The number of carbonyl (C=O) groups excluding carboxylic acids is 3. The molecule has 0 aliphatic rings. The number of ether oxygens (including phenoxy) is 1. The normalized spacial score (nSPS) is 11.3. The third-order valence-electron chi connectivity index (χ3n) is 4.63. The van der Waals surface area contributed by atoms with Crippen molar-refractivity contribution in [3.8, 4) is 0 Å². The lowest BCUT2D eigenvalue weighted by molar-refractivity contribution is -0.149. The van der Waals surface area contributed by atoms with Crippen LogP contribution in [0.3, 0.4) is 0 Å². The van der Waals surface area contributed by atoms with Gasteiger partial charge in [0.1, 0.15) is 6.04 Å². The first kappa shape index (κ1) is 23.0. The molecule has 0 saturated heterocycles. The van der Waals surface area contributed by atoms with Crippen LogP contribution in [0.4, 0.5) is 11.4 Å². The molecule has 0 aliphatic heterocycles. The third kappa shape index (κ3) is 6.68. The number of hydrogen-bond acceptors (Lipinski definition) is 6. The Bertz CT molecular complexity index is 1030. The average Bonchev–Trinajstić information content (AvgIpc) is 3.33. The molecule has 0 fully saturated rings. The first-order valence-electron chi connectivity index (χ1n) is 10.0. The predicted molar refractivity (Wildman–Crippen MR) is 126 cm³/mol. The summed E-state index contributed by atoms with van der Waals surface area (Å²) in [4.78, 5) is 39.9. The van der Waals surface area contributed by atoms with Crippen LogP contribution in [-0.4, -0.2) is 44.5 Å². The van der Waals surface area contributed by atoms with E-state index in [1.807, 2.05) is 61.5 Å². The van der Waals surface area contributed by atoms with E-state index in [9.17, 15) is 14.4 Å². The van der Waals surface area contributed by atoms with Gasteiger partial charge in [0, 0.05) is 31.9 Å². The number of amides is 2. The van der Waals surface area contributed by atoms with Crippen molar-refractivity contribution in [3.05, 3.63) is 82.6 Å². The second kappa shape index (κ2) is 11.1. The number of benzene rings is 2. The summed E-state index contributed by atoms with van der Waals surface area (Å²) in [6.07, 6.45) is 0.254. The Kier molecular flexibility index (Phi) is 7.99. The van der Waals surface area contributed by atoms with E-state index in [-0.39, 0.29) is 12.3 Å². The summed E-state index contributed by atoms with van der Waals surface area (Å²) in [6, 6.07) is 19.1. The van der Waals surface area contributed by atoms with Gasteiger partial charge in [0.25, 0.3) is 11.8 Å². The maximum absolute atomic E-state index is 12.7. The highest BCUT2D eigenvalue weighted by molar-refractivity contribution is 7.12. The minimum Gasteiger partial charge on any atom is -0.454 e. The SMILES string of the molecule is CN(C)c1ccc(NC(=O)COC(=O)[C@@H](Cc2ccccc2)NC(=O)c2cccs2)cc1. The van der Waals surface area contributed by atoms with Gasteiger partial charge in [-0.25, -0.2) is 4.79 Å². The van der Waals surface area contributed by atoms with Crippen LogP contribution < -0.4 is 15.5 Å². The Morgan fingerprint density at radius 1 is 0.969 bits per heavy atom. The lowest BCUT2D eigenvalue weighted by Gasteiger charge is -2.17. The molecule has 8 heteroatoms. The molecule has 2 N–H and O–H groups in total. The summed E-state index contributed by atoms with van der Waals surface area (Å²) >= 11 is 1.28. The van der Waals surface area contributed by atoms with Crippen LogP contribution >= 0.6 is 11.3 Å². The number of nitrogens with zero attached hydrogens (tertiary/aromatic N) is 1. The van der Waals surface area contributed by atoms with Crippen LogP contribution in [0, 0.1) is 0 Å². The molecule has 0 bridgehead atoms. The Labute approximate surface area is 191 Å². The molecular formula is C24H25N3O4S. The van der Waals surface area contributed by atoms with Crippen molar-refractivity contribution in [2.45, 2.75) is 12.5 Å². The minimum absolute atomic E-state index is 0.254. The van der Waals surface area contributed by atoms with E-state index in [1.165, 1.54) is 11.3 Å². The first-order valence-corrected chi connectivity index (χ1v) is 10.9. The number of thiophene rings is 1. The number of hydrogen-bond donors (Lipinski definition) is 2. The van der Waals surface area contributed by atoms with Crippen molar-refractivity contribution in [2.75, 3.05) is 30.9 Å². The molecule has 1 atom stereocenters. The van der Waals surface area contributed by atoms with E-state index in [0.29, 0.717) is 10.6 Å². The lowest BCUT2D eigenvalue weighted by atomic mass is 10.1. The van der Waals surface area contributed by atoms with Gasteiger partial charge in [0.15, 0.2) is 6.61 Å². The third-order valence-corrected chi connectivity index (χ3v) is 5.50. The average molecular weight is 452 g/mol. The molecule has 2 aromatic carbocycles. The van der Waals surface area contributed by atoms with Crippen molar-refractivity contribution < 1.29 is 19.1 Å². The van der Waals surface area contributed by atoms with E-state index < -0.39 is 24.5 Å². The molecule has 0 aliphatic carbocycles. The number of anilines is 2. The molecule has 0 unspecified atom stereocenters. The van der Waals surface area contributed by atoms with Gasteiger partial charge in [0.05, 0.1) is 4.88 Å². The quantitative estimate of drug-likeness (QED) is 0.487. The first-order chi connectivity index (χ1) is 15.4. The number of nitrogens with one attached hydrogen (secondary N) is 2. The van der Waals surface area contributed by atoms with Gasteiger partial charge >= 0.3 is 5.97 Å². The van der Waals surface area contributed by atoms with E-state index in [0.717, 1.165) is 11.3 Å². The highest BCUT2D eigenvalue weighted by Crippen LogP contribution is 2.15. The van der Waals surface area contributed by atoms with Gasteiger partial charge in [-0.2, -0.15) is 0 Å². The Morgan fingerprint density at radius 2 is 1.69 bits per heavy atom. The smallest absolute Gasteiger partial charge is 0.329 e. The van der Waals surface area contributed by atoms with Crippen LogP contribution in [0.15, 0.2) is 72.1 Å². The van der Waals surface area contributed by atoms with Crippen LogP contribution in [0.2, 0.25) is 0 Å². The standard InChI is InChI=1S/C24H25N3O4S/c1-27(2)19-12-10-18(11-13-19)25-22(28)16-31-24(30)20(15-17-7-4-3-5-8-17)26-23(29)21-9-6-14-32-21/h3-14,20H,15-16H2,1-2H3,(H,25,28)(H,26,29)/t20-/m1/s1. The summed E-state index contributed by atoms with van der Waals surface area (Å²) in [5.74, 6) is -1.49. The van der Waals surface area contributed by atoms with Gasteiger partial charge in [-0.15, -0.1) is 11.3 Å². The zero-order valence-electron chi connectivity index (χ0n) is 17.9. The molecule has 2 amide bonds. The second-order valence-electron chi connectivity index (χ2n) is 7.29. The molecule has 0 saturated carbocycles. The Balaban J connectivity index is 1.59. The van der Waals surface area contributed by atoms with Gasteiger partial charge in [-0.3, -0.25) is 9.59 Å². The van der Waals surface area contributed by atoms with Crippen molar-refractivity contribution in [3.63, 3.8) is 0 Å². The van der Waals surface area contributed by atoms with Gasteiger partial charge in [-0.1, -0.05) is 36.4 Å². The maximum Gasteiger partial charge on any atom is 0.329 e. The van der Waals surface area contributed by atoms with Crippen LogP contribution in [0.5, 0.6) is 0 Å². The number of esters is 1. The number of rotatable bonds is 9. The molecule has 1 heterocycles. The molecule has 32 heavy (non-hydrogen) atoms. The van der Waals surface area contributed by atoms with E-state index in [2.05, 4.69) is 10.6 Å². The maximum atomic E-state index is 12.7. The molecule has 7 nitrogen and oxygen atoms in total. The van der Waals surface area contributed by atoms with Crippen LogP contribution in [0.25, 0.3) is 0 Å². The molecule has 3 aromatic rings. The lowest BCUT2D eigenvalue weighted by Crippen LogP contribution is -2.43. The monoisotopic (exact) mass is 451 g/mol. The Hall–Kier alpha value is -3.65. The van der Waals surface area contributed by atoms with Crippen LogP contribution in [0.1, 0.15) is 15.2 Å². The van der Waals surface area contributed by atoms with Crippen molar-refractivity contribution in [1.29, 1.82) is 0 Å². The molecule has 0 spiro atoms. The van der Waals surface area contributed by atoms with E-state index >= 15 is 0 Å². The summed E-state index contributed by atoms with van der Waals surface area (Å²) in [7, 11) is 3.85. The van der Waals surface area contributed by atoms with Gasteiger partial charge in [0.2, 0.25) is 0 Å². The van der Waals surface area contributed by atoms with Crippen molar-refractivity contribution >= 4 is 40.5 Å². The van der Waals surface area contributed by atoms with Crippen molar-refractivity contribution in [2.24, 2.45) is 0 Å². The summed E-state index contributed by atoms with van der Waals surface area (Å²) in [5, 5.41) is 7.20. The van der Waals surface area contributed by atoms with Crippen LogP contribution in [-0.2, 0) is 20.7 Å². The molecule has 1 aromatic heterocycles. The predicted octanol–water partition coefficient (Wildman–Crippen LogP) is 3.34. The van der Waals surface area contributed by atoms with E-state index in [4.69, 9.17) is 4.74 Å². The summed E-state index contributed by atoms with van der Waals surface area (Å²) in [5.41, 5.74) is 2.47. The fraction of sp³-hybridized carbons (Fsp3) is 0.208. The zero-order valence-corrected chi connectivity index (χ0v) is 18.7. The number of carbonyl (C=O) groups is 3. The molecule has 0 radical (unpaired) electrons. The minimum atomic E-state index is -0.917. The van der Waals surface area contributed by atoms with Crippen molar-refractivity contribution in [1.82, 2.24) is 5.32 Å². The molecular weight excluding hydrogens is 426 g/mol. The summed E-state index contributed by atoms with van der Waals surface area (Å²) < 4.78 is 5.22. The highest BCUT2D eigenvalue weighted by atomic mass is 32.1. The zero-order chi connectivity index (χ0) is 22.9. The second-order valence-corrected chi connectivity index (χ2v) is 8.24. The van der Waals surface area contributed by atoms with Gasteiger partial charge in [-0.05, 0) is 41.3 Å². The van der Waals surface area contributed by atoms with E-state index in [1.54, 1.807) is 29.6 Å². The van der Waals surface area contributed by atoms with Gasteiger partial charge < -0.3 is 20.3 Å². The molecule has 166 valence electrons. The fourth-order valence-corrected chi connectivity index (χ4v) is 3.58. The molecule has 3 rings (SSSR count). The topological polar surface area (TPSA) is 87.7 Å². The Morgan fingerprint density at radius 3 is 2.31 bits per heavy atom. The summed E-state index contributed by atoms with van der Waals surface area (Å²) in [6.45, 7) is -0.450.